The number of rotatable bonds is 35. The average molecular weight is 1050 g/mol. The Morgan fingerprint density at radius 3 is 2.06 bits per heavy atom. The smallest absolute Gasteiger partial charge is 0.386 e. The number of nitrogens with one attached hydrogen (secondary N) is 2. The van der Waals surface area contributed by atoms with Crippen LogP contribution in [0.1, 0.15) is 130 Å². The lowest BCUT2D eigenvalue weighted by Crippen LogP contribution is -2.46. The minimum atomic E-state index is -5.59. The van der Waals surface area contributed by atoms with Crippen molar-refractivity contribution in [1.29, 1.82) is 0 Å². The van der Waals surface area contributed by atoms with Crippen LogP contribution in [0, 0.1) is 5.41 Å². The molecule has 0 aliphatic carbocycles. The largest absolute Gasteiger partial charge is 0.481 e. The van der Waals surface area contributed by atoms with Crippen LogP contribution < -0.4 is 16.4 Å². The number of unbranched alkanes of at least 4 members (excludes halogenated alkanes) is 13. The van der Waals surface area contributed by atoms with Gasteiger partial charge in [0.2, 0.25) is 16.9 Å². The molecule has 68 heavy (non-hydrogen) atoms. The monoisotopic (exact) mass is 1050 g/mol. The van der Waals surface area contributed by atoms with Gasteiger partial charge in [-0.05, 0) is 6.42 Å². The number of nitrogen functional groups attached to an aromatic ring is 1. The van der Waals surface area contributed by atoms with E-state index in [9.17, 15) is 63.0 Å². The molecule has 3 rings (SSSR count). The number of nitrogens with two attached hydrogens (primary N) is 1. The maximum atomic E-state index is 12.7. The van der Waals surface area contributed by atoms with E-state index in [1.165, 1.54) is 78.1 Å². The van der Waals surface area contributed by atoms with E-state index in [1.54, 1.807) is 0 Å². The number of aromatic nitrogens is 4. The molecule has 0 saturated carbocycles. The first kappa shape index (κ1) is 59.8. The Labute approximate surface area is 399 Å². The van der Waals surface area contributed by atoms with Crippen LogP contribution in [0.4, 0.5) is 5.82 Å². The van der Waals surface area contributed by atoms with Crippen molar-refractivity contribution in [2.45, 2.75) is 160 Å². The predicted octanol–water partition coefficient (Wildman–Crippen LogP) is 3.90. The molecular formula is C39H70N7O18P3S. The highest BCUT2D eigenvalue weighted by atomic mass is 32.2. The Kier molecular flexibility index (Phi) is 25.6. The van der Waals surface area contributed by atoms with Gasteiger partial charge in [-0.2, -0.15) is 4.31 Å². The summed E-state index contributed by atoms with van der Waals surface area (Å²) in [6.45, 7) is 2.59. The minimum absolute atomic E-state index is 0.0279. The number of aliphatic hydroxyl groups excluding tert-OH is 3. The number of hydrogen-bond acceptors (Lipinski definition) is 19. The van der Waals surface area contributed by atoms with Crippen LogP contribution in [-0.4, -0.2) is 134 Å². The Bertz CT molecular complexity index is 2030. The third kappa shape index (κ3) is 21.5. The van der Waals surface area contributed by atoms with Crippen molar-refractivity contribution >= 4 is 69.1 Å². The van der Waals surface area contributed by atoms with E-state index in [0.717, 1.165) is 54.7 Å². The molecule has 390 valence electrons. The van der Waals surface area contributed by atoms with Gasteiger partial charge < -0.3 is 56.0 Å². The fourth-order valence-corrected chi connectivity index (χ4v) is 10.6. The number of phosphoric ester groups is 3. The molecule has 25 nitrogen and oxygen atoms in total. The van der Waals surface area contributed by atoms with Gasteiger partial charge >= 0.3 is 23.5 Å². The second-order valence-corrected chi connectivity index (χ2v) is 22.5. The normalized spacial score (nSPS) is 20.4. The zero-order chi connectivity index (χ0) is 50.5. The van der Waals surface area contributed by atoms with Crippen LogP contribution in [-0.2, 0) is 50.7 Å². The molecule has 0 spiro atoms. The van der Waals surface area contributed by atoms with Crippen LogP contribution in [0.5, 0.6) is 0 Å². The summed E-state index contributed by atoms with van der Waals surface area (Å²) in [5.41, 5.74) is 4.25. The lowest BCUT2D eigenvalue weighted by Gasteiger charge is -2.30. The number of thioether (sulfide) groups is 1. The number of imidazole rings is 1. The van der Waals surface area contributed by atoms with Gasteiger partial charge in [-0.3, -0.25) is 32.5 Å². The van der Waals surface area contributed by atoms with E-state index >= 15 is 0 Å². The van der Waals surface area contributed by atoms with Crippen molar-refractivity contribution in [2.75, 3.05) is 37.8 Å². The summed E-state index contributed by atoms with van der Waals surface area (Å²) in [7, 11) is -16.4. The number of hydrogen-bond donors (Lipinski definition) is 10. The molecule has 1 aliphatic heterocycles. The highest BCUT2D eigenvalue weighted by molar-refractivity contribution is 8.13. The maximum absolute atomic E-state index is 12.7. The van der Waals surface area contributed by atoms with Gasteiger partial charge in [0, 0.05) is 30.7 Å². The zero-order valence-corrected chi connectivity index (χ0v) is 42.2. The summed E-state index contributed by atoms with van der Waals surface area (Å²) in [6.07, 6.45) is 9.23. The number of ether oxygens (including phenoxy) is 1. The average Bonchev–Trinajstić information content (AvgIpc) is 3.83. The predicted molar refractivity (Wildman–Crippen MR) is 248 cm³/mol. The van der Waals surface area contributed by atoms with Crippen molar-refractivity contribution < 1.29 is 85.6 Å². The summed E-state index contributed by atoms with van der Waals surface area (Å²) in [6, 6.07) is 0. The fourth-order valence-electron chi connectivity index (χ4n) is 7.03. The summed E-state index contributed by atoms with van der Waals surface area (Å²) < 4.78 is 62.4. The quantitative estimate of drug-likeness (QED) is 0.0346. The van der Waals surface area contributed by atoms with Gasteiger partial charge in [-0.1, -0.05) is 122 Å². The van der Waals surface area contributed by atoms with Crippen LogP contribution in [0.25, 0.3) is 11.2 Å². The van der Waals surface area contributed by atoms with Gasteiger partial charge in [-0.25, -0.2) is 28.6 Å². The van der Waals surface area contributed by atoms with E-state index in [1.807, 2.05) is 0 Å². The zero-order valence-electron chi connectivity index (χ0n) is 38.7. The first-order valence-corrected chi connectivity index (χ1v) is 28.2. The van der Waals surface area contributed by atoms with E-state index in [-0.39, 0.29) is 47.4 Å². The number of aliphatic hydroxyl groups is 3. The number of carbonyl (C=O) groups excluding carboxylic acids is 3. The third-order valence-electron chi connectivity index (χ3n) is 10.8. The van der Waals surface area contributed by atoms with E-state index in [0.29, 0.717) is 6.42 Å². The van der Waals surface area contributed by atoms with Crippen molar-refractivity contribution in [3.8, 4) is 0 Å². The van der Waals surface area contributed by atoms with Crippen LogP contribution in [0.15, 0.2) is 12.7 Å². The molecule has 4 unspecified atom stereocenters. The van der Waals surface area contributed by atoms with E-state index < -0.39 is 90.7 Å². The van der Waals surface area contributed by atoms with Crippen LogP contribution >= 0.6 is 35.2 Å². The molecule has 0 radical (unpaired) electrons. The second-order valence-electron chi connectivity index (χ2n) is 17.1. The molecule has 0 bridgehead atoms. The lowest BCUT2D eigenvalue weighted by molar-refractivity contribution is -0.137. The van der Waals surface area contributed by atoms with Crippen molar-refractivity contribution in [1.82, 2.24) is 30.2 Å². The van der Waals surface area contributed by atoms with Gasteiger partial charge in [0.1, 0.15) is 42.4 Å². The molecular weight excluding hydrogens is 979 g/mol. The van der Waals surface area contributed by atoms with Gasteiger partial charge in [0.25, 0.3) is 0 Å². The summed E-state index contributed by atoms with van der Waals surface area (Å²) in [4.78, 5) is 88.5. The molecule has 0 aromatic carbocycles. The number of nitrogens with zero attached hydrogens (tertiary/aromatic N) is 4. The first-order chi connectivity index (χ1) is 32.0. The highest BCUT2D eigenvalue weighted by Crippen LogP contribution is 2.61. The second kappa shape index (κ2) is 29.1. The molecule has 1 fully saturated rings. The number of anilines is 1. The molecule has 11 N–H and O–H groups in total. The first-order valence-electron chi connectivity index (χ1n) is 22.7. The topological polar surface area (TPSA) is 384 Å². The van der Waals surface area contributed by atoms with Gasteiger partial charge in [-0.15, -0.1) is 0 Å². The lowest BCUT2D eigenvalue weighted by atomic mass is 9.87. The molecule has 2 aromatic rings. The Morgan fingerprint density at radius 1 is 0.868 bits per heavy atom. The SMILES string of the molecule is CCCCCCCCCCCCCCCCC(O)C(=O)SCCNC(=O)CCNC(=O)[C@H](O)C(C)(C)COP(=O)(O)OP(=O)(O)OC[C@H]1O[C@@H](n2cnc3c(N)ncnc32)[C@@H](O)C1OP(=O)(O)O. The molecule has 2 amide bonds. The third-order valence-corrected chi connectivity index (χ3v) is 14.9. The Hall–Kier alpha value is -2.48. The summed E-state index contributed by atoms with van der Waals surface area (Å²) in [5, 5.41) is 36.4. The summed E-state index contributed by atoms with van der Waals surface area (Å²) >= 11 is 0.915. The number of fused-ring (bicyclic) bond motifs is 1. The van der Waals surface area contributed by atoms with Crippen molar-refractivity contribution in [3.05, 3.63) is 12.7 Å². The molecule has 2 aromatic heterocycles. The highest BCUT2D eigenvalue weighted by Gasteiger charge is 2.50. The Morgan fingerprint density at radius 2 is 1.46 bits per heavy atom. The number of amides is 2. The van der Waals surface area contributed by atoms with Gasteiger partial charge in [0.05, 0.1) is 19.5 Å². The van der Waals surface area contributed by atoms with Crippen LogP contribution in [0.2, 0.25) is 0 Å². The molecule has 8 atom stereocenters. The van der Waals surface area contributed by atoms with Crippen molar-refractivity contribution in [3.63, 3.8) is 0 Å². The van der Waals surface area contributed by atoms with Gasteiger partial charge in [0.15, 0.2) is 17.7 Å². The van der Waals surface area contributed by atoms with Crippen molar-refractivity contribution in [2.24, 2.45) is 5.41 Å². The standard InChI is InChI=1S/C39H70N7O18P3S/c1-4-5-6-7-8-9-10-11-12-13-14-15-16-17-18-27(47)38(52)68-22-21-41-29(48)19-20-42-36(51)33(50)39(2,3)24-61-67(58,59)64-66(56,57)60-23-28-32(63-65(53,54)55)31(49)37(62-28)46-26-45-30-34(40)43-25-44-35(30)46/h25-28,31-33,37,47,49-50H,4-24H2,1-3H3,(H,41,48)(H,42,51)(H,56,57)(H,58,59)(H2,40,43,44)(H2,53,54,55)/t27?,28-,31+,32?,33+,37-/m1/s1. The van der Waals surface area contributed by atoms with E-state index in [2.05, 4.69) is 41.3 Å². The molecule has 1 saturated heterocycles. The summed E-state index contributed by atoms with van der Waals surface area (Å²) in [5.74, 6) is -1.28. The molecule has 29 heteroatoms. The number of carbonyl (C=O) groups is 3. The minimum Gasteiger partial charge on any atom is -0.386 e. The fraction of sp³-hybridized carbons (Fsp3) is 0.795. The maximum Gasteiger partial charge on any atom is 0.481 e. The van der Waals surface area contributed by atoms with Crippen LogP contribution in [0.3, 0.4) is 0 Å². The molecule has 1 aliphatic rings. The number of phosphoric acid groups is 3. The van der Waals surface area contributed by atoms with E-state index in [4.69, 9.17) is 19.5 Å². The molecule has 3 heterocycles. The Balaban J connectivity index is 1.31.